The minimum atomic E-state index is -0.477. The highest BCUT2D eigenvalue weighted by Gasteiger charge is 2.33. The molecule has 0 aliphatic carbocycles. The Kier molecular flexibility index (Phi) is 4.32. The molecule has 1 aromatic rings. The number of hydrogen-bond donors (Lipinski definition) is 0. The number of nitrogens with zero attached hydrogens (tertiary/aromatic N) is 2. The van der Waals surface area contributed by atoms with Crippen molar-refractivity contribution in [1.29, 1.82) is 0 Å². The molecule has 5 heteroatoms. The summed E-state index contributed by atoms with van der Waals surface area (Å²) in [6, 6.07) is 7.67. The Labute approximate surface area is 130 Å². The number of carbonyl (C=O) groups excluding carboxylic acids is 1. The highest BCUT2D eigenvalue weighted by molar-refractivity contribution is 6.04. The first kappa shape index (κ1) is 14.9. The number of methoxy groups -OCH3 is 1. The Balaban J connectivity index is 1.62. The molecule has 1 aromatic carbocycles. The maximum Gasteiger partial charge on any atom is 0.266 e. The summed E-state index contributed by atoms with van der Waals surface area (Å²) in [5.74, 6) is 1.55. The maximum absolute atomic E-state index is 12.5. The third-order valence-corrected chi connectivity index (χ3v) is 4.44. The van der Waals surface area contributed by atoms with Gasteiger partial charge in [-0.1, -0.05) is 24.2 Å². The summed E-state index contributed by atoms with van der Waals surface area (Å²) in [5, 5.41) is 4.11. The van der Waals surface area contributed by atoms with Gasteiger partial charge >= 0.3 is 0 Å². The molecule has 1 unspecified atom stereocenters. The molecule has 0 spiro atoms. The molecule has 0 bridgehead atoms. The van der Waals surface area contributed by atoms with Gasteiger partial charge in [0.1, 0.15) is 5.75 Å². The van der Waals surface area contributed by atoms with Crippen LogP contribution in [0, 0.1) is 5.92 Å². The van der Waals surface area contributed by atoms with E-state index in [0.29, 0.717) is 12.3 Å². The van der Waals surface area contributed by atoms with Gasteiger partial charge in [0.15, 0.2) is 0 Å². The Morgan fingerprint density at radius 1 is 1.36 bits per heavy atom. The molecule has 118 valence electrons. The van der Waals surface area contributed by atoms with Crippen LogP contribution in [0.15, 0.2) is 29.4 Å². The number of carbonyl (C=O) groups is 1. The van der Waals surface area contributed by atoms with Gasteiger partial charge in [0.25, 0.3) is 5.91 Å². The van der Waals surface area contributed by atoms with E-state index in [4.69, 9.17) is 9.57 Å². The Bertz CT molecular complexity index is 577. The van der Waals surface area contributed by atoms with Crippen LogP contribution in [-0.4, -0.2) is 42.8 Å². The summed E-state index contributed by atoms with van der Waals surface area (Å²) in [4.78, 5) is 19.8. The molecule has 1 saturated heterocycles. The van der Waals surface area contributed by atoms with Crippen LogP contribution < -0.4 is 4.74 Å². The highest BCUT2D eigenvalue weighted by atomic mass is 16.6. The van der Waals surface area contributed by atoms with Crippen LogP contribution in [0.25, 0.3) is 0 Å². The zero-order chi connectivity index (χ0) is 15.5. The second-order valence-electron chi connectivity index (χ2n) is 6.08. The highest BCUT2D eigenvalue weighted by Crippen LogP contribution is 2.23. The number of ether oxygens (including phenoxy) is 1. The molecule has 1 fully saturated rings. The van der Waals surface area contributed by atoms with E-state index in [2.05, 4.69) is 12.1 Å². The normalized spacial score (nSPS) is 22.2. The van der Waals surface area contributed by atoms with E-state index >= 15 is 0 Å². The zero-order valence-electron chi connectivity index (χ0n) is 13.1. The van der Waals surface area contributed by atoms with Crippen molar-refractivity contribution in [3.05, 3.63) is 29.8 Å². The number of amides is 1. The van der Waals surface area contributed by atoms with Crippen molar-refractivity contribution in [1.82, 2.24) is 4.90 Å². The molecule has 2 aliphatic rings. The summed E-state index contributed by atoms with van der Waals surface area (Å²) in [6.07, 6.45) is 2.19. The molecule has 5 nitrogen and oxygen atoms in total. The van der Waals surface area contributed by atoms with Crippen LogP contribution in [0.5, 0.6) is 5.75 Å². The van der Waals surface area contributed by atoms with Crippen LogP contribution >= 0.6 is 0 Å². The molecule has 1 atom stereocenters. The number of rotatable bonds is 3. The quantitative estimate of drug-likeness (QED) is 0.862. The molecule has 2 aliphatic heterocycles. The van der Waals surface area contributed by atoms with Gasteiger partial charge in [-0.25, -0.2) is 0 Å². The lowest BCUT2D eigenvalue weighted by Gasteiger charge is -2.31. The van der Waals surface area contributed by atoms with Crippen LogP contribution in [-0.2, 0) is 9.63 Å². The van der Waals surface area contributed by atoms with E-state index in [1.807, 2.05) is 29.2 Å². The van der Waals surface area contributed by atoms with Gasteiger partial charge in [0, 0.05) is 25.1 Å². The second kappa shape index (κ2) is 6.38. The van der Waals surface area contributed by atoms with Crippen LogP contribution in [0.1, 0.15) is 31.7 Å². The van der Waals surface area contributed by atoms with Gasteiger partial charge in [-0.3, -0.25) is 4.79 Å². The first-order valence-corrected chi connectivity index (χ1v) is 7.83. The van der Waals surface area contributed by atoms with Crippen LogP contribution in [0.4, 0.5) is 0 Å². The van der Waals surface area contributed by atoms with E-state index in [0.717, 1.165) is 43.0 Å². The first-order valence-electron chi connectivity index (χ1n) is 7.83. The van der Waals surface area contributed by atoms with Crippen molar-refractivity contribution >= 4 is 11.6 Å². The summed E-state index contributed by atoms with van der Waals surface area (Å²) in [6.45, 7) is 3.89. The van der Waals surface area contributed by atoms with Crippen LogP contribution in [0.2, 0.25) is 0 Å². The zero-order valence-corrected chi connectivity index (χ0v) is 13.1. The topological polar surface area (TPSA) is 51.1 Å². The van der Waals surface area contributed by atoms with E-state index in [1.54, 1.807) is 7.11 Å². The van der Waals surface area contributed by atoms with E-state index in [1.165, 1.54) is 0 Å². The van der Waals surface area contributed by atoms with Gasteiger partial charge in [-0.15, -0.1) is 0 Å². The number of hydrogen-bond acceptors (Lipinski definition) is 4. The molecule has 0 radical (unpaired) electrons. The lowest BCUT2D eigenvalue weighted by molar-refractivity contribution is -0.143. The van der Waals surface area contributed by atoms with Crippen molar-refractivity contribution in [2.45, 2.75) is 32.3 Å². The summed E-state index contributed by atoms with van der Waals surface area (Å²) in [7, 11) is 1.63. The molecule has 3 rings (SSSR count). The van der Waals surface area contributed by atoms with Crippen molar-refractivity contribution < 1.29 is 14.4 Å². The third-order valence-electron chi connectivity index (χ3n) is 4.44. The third kappa shape index (κ3) is 3.08. The molecule has 22 heavy (non-hydrogen) atoms. The number of piperidine rings is 1. The Morgan fingerprint density at radius 2 is 2.14 bits per heavy atom. The van der Waals surface area contributed by atoms with Crippen molar-refractivity contribution in [2.24, 2.45) is 11.1 Å². The number of oxime groups is 1. The van der Waals surface area contributed by atoms with Crippen molar-refractivity contribution in [3.63, 3.8) is 0 Å². The van der Waals surface area contributed by atoms with Gasteiger partial charge in [0.2, 0.25) is 6.10 Å². The smallest absolute Gasteiger partial charge is 0.266 e. The van der Waals surface area contributed by atoms with E-state index in [-0.39, 0.29) is 5.91 Å². The van der Waals surface area contributed by atoms with Gasteiger partial charge in [0.05, 0.1) is 12.8 Å². The first-order chi connectivity index (χ1) is 10.7. The maximum atomic E-state index is 12.5. The molecule has 0 saturated carbocycles. The minimum absolute atomic E-state index is 0.0635. The summed E-state index contributed by atoms with van der Waals surface area (Å²) < 4.78 is 5.22. The lowest BCUT2D eigenvalue weighted by atomic mass is 9.98. The molecule has 2 heterocycles. The van der Waals surface area contributed by atoms with Crippen LogP contribution in [0.3, 0.4) is 0 Å². The van der Waals surface area contributed by atoms with E-state index in [9.17, 15) is 4.79 Å². The monoisotopic (exact) mass is 302 g/mol. The fourth-order valence-electron chi connectivity index (χ4n) is 2.92. The number of benzene rings is 1. The molecule has 1 amide bonds. The SMILES string of the molecule is COc1cccc(C2=NOC(C(=O)N3CCC(C)CC3)C2)c1. The summed E-state index contributed by atoms with van der Waals surface area (Å²) in [5.41, 5.74) is 1.75. The van der Waals surface area contributed by atoms with Crippen molar-refractivity contribution in [3.8, 4) is 5.75 Å². The predicted molar refractivity (Wildman–Crippen MR) is 84.0 cm³/mol. The average Bonchev–Trinajstić information content (AvgIpc) is 3.05. The predicted octanol–water partition coefficient (Wildman–Crippen LogP) is 2.45. The fourth-order valence-corrected chi connectivity index (χ4v) is 2.92. The van der Waals surface area contributed by atoms with E-state index < -0.39 is 6.10 Å². The average molecular weight is 302 g/mol. The molecular formula is C17H22N2O3. The van der Waals surface area contributed by atoms with Gasteiger partial charge in [-0.05, 0) is 30.9 Å². The second-order valence-corrected chi connectivity index (χ2v) is 6.08. The fraction of sp³-hybridized carbons (Fsp3) is 0.529. The van der Waals surface area contributed by atoms with Crippen molar-refractivity contribution in [2.75, 3.05) is 20.2 Å². The molecular weight excluding hydrogens is 280 g/mol. The van der Waals surface area contributed by atoms with Gasteiger partial charge in [-0.2, -0.15) is 0 Å². The Hall–Kier alpha value is -2.04. The Morgan fingerprint density at radius 3 is 2.86 bits per heavy atom. The largest absolute Gasteiger partial charge is 0.497 e. The van der Waals surface area contributed by atoms with Gasteiger partial charge < -0.3 is 14.5 Å². The molecule has 0 N–H and O–H groups in total. The lowest BCUT2D eigenvalue weighted by Crippen LogP contribution is -2.43. The number of likely N-dealkylation sites (tertiary alicyclic amines) is 1. The standard InChI is InChI=1S/C17H22N2O3/c1-12-6-8-19(9-7-12)17(20)16-11-15(18-22-16)13-4-3-5-14(10-13)21-2/h3-5,10,12,16H,6-9,11H2,1-2H3. The summed E-state index contributed by atoms with van der Waals surface area (Å²) >= 11 is 0. The molecule has 0 aromatic heterocycles. The minimum Gasteiger partial charge on any atom is -0.497 e.